The highest BCUT2D eigenvalue weighted by Gasteiger charge is 2.26. The normalized spacial score (nSPS) is 13.4. The van der Waals surface area contributed by atoms with Crippen LogP contribution < -0.4 is 5.32 Å². The van der Waals surface area contributed by atoms with E-state index in [1.807, 2.05) is 31.2 Å². The topological polar surface area (TPSA) is 21.3 Å². The Morgan fingerprint density at radius 2 is 1.95 bits per heavy atom. The Hall–Kier alpha value is -1.07. The summed E-state index contributed by atoms with van der Waals surface area (Å²) < 4.78 is 42.1. The highest BCUT2D eigenvalue weighted by Crippen LogP contribution is 2.24. The lowest BCUT2D eigenvalue weighted by Gasteiger charge is -2.21. The molecule has 21 heavy (non-hydrogen) atoms. The van der Waals surface area contributed by atoms with E-state index in [0.29, 0.717) is 6.54 Å². The highest BCUT2D eigenvalue weighted by atomic mass is 19.4. The molecule has 0 amide bonds. The third kappa shape index (κ3) is 7.48. The van der Waals surface area contributed by atoms with Crippen molar-refractivity contribution in [2.24, 2.45) is 0 Å². The quantitative estimate of drug-likeness (QED) is 0.683. The van der Waals surface area contributed by atoms with Gasteiger partial charge in [-0.3, -0.25) is 0 Å². The predicted molar refractivity (Wildman–Crippen MR) is 78.3 cm³/mol. The summed E-state index contributed by atoms with van der Waals surface area (Å²) in [4.78, 5) is 0. The first kappa shape index (κ1) is 18.0. The zero-order chi connectivity index (χ0) is 15.7. The third-order valence-electron chi connectivity index (χ3n) is 3.22. The first-order valence-corrected chi connectivity index (χ1v) is 7.38. The summed E-state index contributed by atoms with van der Waals surface area (Å²) in [6, 6.07) is 7.83. The van der Waals surface area contributed by atoms with E-state index in [1.54, 1.807) is 0 Å². The first-order valence-electron chi connectivity index (χ1n) is 7.38. The monoisotopic (exact) mass is 303 g/mol. The van der Waals surface area contributed by atoms with Crippen molar-refractivity contribution >= 4 is 0 Å². The lowest BCUT2D eigenvalue weighted by atomic mass is 10.0. The van der Waals surface area contributed by atoms with Crippen LogP contribution in [0.1, 0.15) is 43.4 Å². The van der Waals surface area contributed by atoms with Crippen molar-refractivity contribution in [3.8, 4) is 0 Å². The van der Waals surface area contributed by atoms with Crippen LogP contribution in [0.2, 0.25) is 0 Å². The molecule has 2 nitrogen and oxygen atoms in total. The van der Waals surface area contributed by atoms with Crippen LogP contribution in [0, 0.1) is 6.92 Å². The fraction of sp³-hybridized carbons (Fsp3) is 0.625. The maximum absolute atomic E-state index is 12.1. The summed E-state index contributed by atoms with van der Waals surface area (Å²) in [5, 5.41) is 3.27. The van der Waals surface area contributed by atoms with Crippen LogP contribution in [0.5, 0.6) is 0 Å². The van der Waals surface area contributed by atoms with Crippen molar-refractivity contribution in [3.63, 3.8) is 0 Å². The molecule has 0 aliphatic rings. The van der Waals surface area contributed by atoms with E-state index in [4.69, 9.17) is 4.74 Å². The molecule has 5 heteroatoms. The van der Waals surface area contributed by atoms with Gasteiger partial charge in [-0.2, -0.15) is 13.2 Å². The molecular formula is C16H24F3NO. The summed E-state index contributed by atoms with van der Waals surface area (Å²) in [6.45, 7) is 5.66. The Morgan fingerprint density at radius 3 is 2.57 bits per heavy atom. The SMILES string of the molecule is CCCNCC(OCCCC(F)(F)F)c1ccccc1C. The summed E-state index contributed by atoms with van der Waals surface area (Å²) in [6.07, 6.45) is -4.10. The van der Waals surface area contributed by atoms with E-state index in [-0.39, 0.29) is 19.1 Å². The molecule has 1 aromatic carbocycles. The number of rotatable bonds is 9. The standard InChI is InChI=1S/C16H24F3NO/c1-3-10-20-12-15(14-8-5-4-7-13(14)2)21-11-6-9-16(17,18)19/h4-5,7-8,15,20H,3,6,9-12H2,1-2H3. The molecule has 0 heterocycles. The lowest BCUT2D eigenvalue weighted by Crippen LogP contribution is -2.25. The first-order chi connectivity index (χ1) is 9.94. The van der Waals surface area contributed by atoms with Gasteiger partial charge in [-0.15, -0.1) is 0 Å². The Kier molecular flexibility index (Phi) is 7.75. The zero-order valence-corrected chi connectivity index (χ0v) is 12.7. The number of nitrogens with one attached hydrogen (secondary N) is 1. The van der Waals surface area contributed by atoms with Crippen LogP contribution in [-0.4, -0.2) is 25.9 Å². The average Bonchev–Trinajstić information content (AvgIpc) is 2.41. The van der Waals surface area contributed by atoms with Crippen molar-refractivity contribution in [2.45, 2.75) is 45.4 Å². The van der Waals surface area contributed by atoms with Gasteiger partial charge in [-0.05, 0) is 37.4 Å². The number of ether oxygens (including phenoxy) is 1. The van der Waals surface area contributed by atoms with Crippen LogP contribution >= 0.6 is 0 Å². The number of benzene rings is 1. The molecule has 0 aliphatic heterocycles. The fourth-order valence-corrected chi connectivity index (χ4v) is 2.11. The molecule has 0 fully saturated rings. The molecule has 0 aliphatic carbocycles. The summed E-state index contributed by atoms with van der Waals surface area (Å²) in [7, 11) is 0. The fourth-order valence-electron chi connectivity index (χ4n) is 2.11. The van der Waals surface area contributed by atoms with Gasteiger partial charge in [-0.25, -0.2) is 0 Å². The van der Waals surface area contributed by atoms with Gasteiger partial charge in [0.25, 0.3) is 0 Å². The molecule has 1 aromatic rings. The van der Waals surface area contributed by atoms with Gasteiger partial charge in [0, 0.05) is 19.6 Å². The van der Waals surface area contributed by atoms with Gasteiger partial charge in [0.15, 0.2) is 0 Å². The van der Waals surface area contributed by atoms with Gasteiger partial charge in [0.05, 0.1) is 6.10 Å². The molecule has 120 valence electrons. The molecule has 1 unspecified atom stereocenters. The second kappa shape index (κ2) is 9.05. The number of hydrogen-bond acceptors (Lipinski definition) is 2. The lowest BCUT2D eigenvalue weighted by molar-refractivity contribution is -0.138. The van der Waals surface area contributed by atoms with Crippen LogP contribution in [-0.2, 0) is 4.74 Å². The Balaban J connectivity index is 2.55. The predicted octanol–water partition coefficient (Wildman–Crippen LogP) is 4.39. The maximum atomic E-state index is 12.1. The Morgan fingerprint density at radius 1 is 1.24 bits per heavy atom. The average molecular weight is 303 g/mol. The van der Waals surface area contributed by atoms with E-state index in [2.05, 4.69) is 12.2 Å². The van der Waals surface area contributed by atoms with Crippen LogP contribution in [0.4, 0.5) is 13.2 Å². The van der Waals surface area contributed by atoms with Gasteiger partial charge in [-0.1, -0.05) is 31.2 Å². The minimum absolute atomic E-state index is 0.000338. The van der Waals surface area contributed by atoms with Crippen molar-refractivity contribution < 1.29 is 17.9 Å². The van der Waals surface area contributed by atoms with Gasteiger partial charge in [0.1, 0.15) is 0 Å². The van der Waals surface area contributed by atoms with E-state index in [0.717, 1.165) is 24.1 Å². The van der Waals surface area contributed by atoms with Crippen molar-refractivity contribution in [1.82, 2.24) is 5.32 Å². The van der Waals surface area contributed by atoms with Crippen LogP contribution in [0.25, 0.3) is 0 Å². The van der Waals surface area contributed by atoms with Crippen molar-refractivity contribution in [2.75, 3.05) is 19.7 Å². The molecule has 1 N–H and O–H groups in total. The molecule has 0 saturated carbocycles. The molecule has 1 rings (SSSR count). The molecular weight excluding hydrogens is 279 g/mol. The van der Waals surface area contributed by atoms with Crippen molar-refractivity contribution in [1.29, 1.82) is 0 Å². The van der Waals surface area contributed by atoms with E-state index in [9.17, 15) is 13.2 Å². The second-order valence-corrected chi connectivity index (χ2v) is 5.14. The van der Waals surface area contributed by atoms with Gasteiger partial charge in [0.2, 0.25) is 0 Å². The Bertz CT molecular complexity index is 407. The Labute approximate surface area is 124 Å². The van der Waals surface area contributed by atoms with Crippen LogP contribution in [0.15, 0.2) is 24.3 Å². The minimum atomic E-state index is -4.11. The molecule has 0 bridgehead atoms. The summed E-state index contributed by atoms with van der Waals surface area (Å²) >= 11 is 0. The second-order valence-electron chi connectivity index (χ2n) is 5.14. The largest absolute Gasteiger partial charge is 0.389 e. The van der Waals surface area contributed by atoms with E-state index < -0.39 is 12.6 Å². The highest BCUT2D eigenvalue weighted by molar-refractivity contribution is 5.28. The van der Waals surface area contributed by atoms with E-state index in [1.165, 1.54) is 0 Å². The zero-order valence-electron chi connectivity index (χ0n) is 12.7. The third-order valence-corrected chi connectivity index (χ3v) is 3.22. The molecule has 0 radical (unpaired) electrons. The molecule has 1 atom stereocenters. The smallest absolute Gasteiger partial charge is 0.372 e. The number of alkyl halides is 3. The van der Waals surface area contributed by atoms with Crippen LogP contribution in [0.3, 0.4) is 0 Å². The van der Waals surface area contributed by atoms with E-state index >= 15 is 0 Å². The maximum Gasteiger partial charge on any atom is 0.389 e. The molecule has 0 saturated heterocycles. The summed E-state index contributed by atoms with van der Waals surface area (Å²) in [5.74, 6) is 0. The van der Waals surface area contributed by atoms with Gasteiger partial charge < -0.3 is 10.1 Å². The number of halogens is 3. The molecule has 0 spiro atoms. The number of hydrogen-bond donors (Lipinski definition) is 1. The summed E-state index contributed by atoms with van der Waals surface area (Å²) in [5.41, 5.74) is 2.13. The minimum Gasteiger partial charge on any atom is -0.372 e. The molecule has 0 aromatic heterocycles. The van der Waals surface area contributed by atoms with Gasteiger partial charge >= 0.3 is 6.18 Å². The van der Waals surface area contributed by atoms with Crippen molar-refractivity contribution in [3.05, 3.63) is 35.4 Å². The number of aryl methyl sites for hydroxylation is 1.